The van der Waals surface area contributed by atoms with Gasteiger partial charge in [-0.05, 0) is 13.0 Å². The minimum absolute atomic E-state index is 0.185. The average Bonchev–Trinajstić information content (AvgIpc) is 2.62. The van der Waals surface area contributed by atoms with Crippen LogP contribution in [0.2, 0.25) is 0 Å². The predicted octanol–water partition coefficient (Wildman–Crippen LogP) is 2.76. The van der Waals surface area contributed by atoms with E-state index < -0.39 is 17.5 Å². The Bertz CT molecular complexity index is 555. The van der Waals surface area contributed by atoms with E-state index in [0.29, 0.717) is 6.54 Å². The van der Waals surface area contributed by atoms with Crippen LogP contribution >= 0.6 is 0 Å². The van der Waals surface area contributed by atoms with Gasteiger partial charge in [0.2, 0.25) is 0 Å². The second kappa shape index (κ2) is 4.72. The maximum absolute atomic E-state index is 13.0. The first-order valence-corrected chi connectivity index (χ1v) is 5.35. The third-order valence-corrected chi connectivity index (χ3v) is 2.56. The van der Waals surface area contributed by atoms with Crippen molar-refractivity contribution in [2.75, 3.05) is 5.32 Å². The Labute approximate surface area is 102 Å². The van der Waals surface area contributed by atoms with Crippen molar-refractivity contribution >= 4 is 5.69 Å². The summed E-state index contributed by atoms with van der Waals surface area (Å²) in [5.41, 5.74) is 1.90. The molecule has 18 heavy (non-hydrogen) atoms. The van der Waals surface area contributed by atoms with Crippen molar-refractivity contribution in [1.82, 2.24) is 9.78 Å². The summed E-state index contributed by atoms with van der Waals surface area (Å²) in [6, 6.07) is 3.69. The van der Waals surface area contributed by atoms with E-state index in [1.54, 1.807) is 11.7 Å². The van der Waals surface area contributed by atoms with Gasteiger partial charge in [0.05, 0.1) is 17.9 Å². The van der Waals surface area contributed by atoms with E-state index in [0.717, 1.165) is 23.5 Å². The number of rotatable bonds is 3. The number of nitrogens with one attached hydrogen (secondary N) is 1. The number of aromatic nitrogens is 2. The van der Waals surface area contributed by atoms with Crippen LogP contribution in [0.1, 0.15) is 11.4 Å². The molecule has 0 fully saturated rings. The summed E-state index contributed by atoms with van der Waals surface area (Å²) in [5.74, 6) is -3.88. The van der Waals surface area contributed by atoms with E-state index in [9.17, 15) is 13.2 Å². The fourth-order valence-electron chi connectivity index (χ4n) is 1.68. The molecule has 1 aromatic carbocycles. The zero-order chi connectivity index (χ0) is 13.3. The van der Waals surface area contributed by atoms with Crippen molar-refractivity contribution in [3.63, 3.8) is 0 Å². The van der Waals surface area contributed by atoms with Crippen LogP contribution in [0, 0.1) is 24.4 Å². The molecule has 0 spiro atoms. The summed E-state index contributed by atoms with van der Waals surface area (Å²) in [7, 11) is 1.77. The highest BCUT2D eigenvalue weighted by molar-refractivity contribution is 5.44. The zero-order valence-electron chi connectivity index (χ0n) is 9.97. The highest BCUT2D eigenvalue weighted by atomic mass is 19.2. The molecule has 6 heteroatoms. The minimum Gasteiger partial charge on any atom is -0.379 e. The SMILES string of the molecule is Cc1cc(CNc2cc(F)c(F)c(F)c2)n(C)n1. The van der Waals surface area contributed by atoms with Gasteiger partial charge in [-0.25, -0.2) is 13.2 Å². The summed E-state index contributed by atoms with van der Waals surface area (Å²) in [6.07, 6.45) is 0. The average molecular weight is 255 g/mol. The maximum Gasteiger partial charge on any atom is 0.194 e. The predicted molar refractivity (Wildman–Crippen MR) is 61.6 cm³/mol. The molecule has 1 heterocycles. The van der Waals surface area contributed by atoms with E-state index in [4.69, 9.17) is 0 Å². The Kier molecular flexibility index (Phi) is 3.27. The molecule has 0 bridgehead atoms. The molecule has 0 aliphatic carbocycles. The lowest BCUT2D eigenvalue weighted by Crippen LogP contribution is -2.06. The van der Waals surface area contributed by atoms with Gasteiger partial charge in [0.15, 0.2) is 17.5 Å². The molecule has 3 nitrogen and oxygen atoms in total. The van der Waals surface area contributed by atoms with Crippen molar-refractivity contribution in [3.8, 4) is 0 Å². The Balaban J connectivity index is 2.13. The van der Waals surface area contributed by atoms with Gasteiger partial charge < -0.3 is 5.32 Å². The van der Waals surface area contributed by atoms with Crippen LogP contribution in [0.5, 0.6) is 0 Å². The monoisotopic (exact) mass is 255 g/mol. The molecule has 0 amide bonds. The molecule has 2 aromatic rings. The molecular weight excluding hydrogens is 243 g/mol. The smallest absolute Gasteiger partial charge is 0.194 e. The quantitative estimate of drug-likeness (QED) is 0.855. The highest BCUT2D eigenvalue weighted by Crippen LogP contribution is 2.18. The molecule has 0 aliphatic heterocycles. The summed E-state index contributed by atoms with van der Waals surface area (Å²) >= 11 is 0. The van der Waals surface area contributed by atoms with E-state index in [2.05, 4.69) is 10.4 Å². The number of hydrogen-bond donors (Lipinski definition) is 1. The van der Waals surface area contributed by atoms with Gasteiger partial charge in [0.1, 0.15) is 0 Å². The molecule has 0 aliphatic rings. The van der Waals surface area contributed by atoms with Crippen LogP contribution < -0.4 is 5.32 Å². The minimum atomic E-state index is -1.46. The molecule has 96 valence electrons. The fraction of sp³-hybridized carbons (Fsp3) is 0.250. The summed E-state index contributed by atoms with van der Waals surface area (Å²) in [4.78, 5) is 0. The highest BCUT2D eigenvalue weighted by Gasteiger charge is 2.10. The van der Waals surface area contributed by atoms with Gasteiger partial charge in [-0.2, -0.15) is 5.10 Å². The van der Waals surface area contributed by atoms with Gasteiger partial charge >= 0.3 is 0 Å². The molecule has 0 saturated heterocycles. The Morgan fingerprint density at radius 3 is 2.28 bits per heavy atom. The second-order valence-corrected chi connectivity index (χ2v) is 4.01. The van der Waals surface area contributed by atoms with E-state index in [-0.39, 0.29) is 5.69 Å². The lowest BCUT2D eigenvalue weighted by Gasteiger charge is -2.07. The topological polar surface area (TPSA) is 29.9 Å². The number of anilines is 1. The first kappa shape index (κ1) is 12.5. The maximum atomic E-state index is 13.0. The number of aryl methyl sites for hydroxylation is 2. The lowest BCUT2D eigenvalue weighted by molar-refractivity contribution is 0.447. The number of nitrogens with zero attached hydrogens (tertiary/aromatic N) is 2. The van der Waals surface area contributed by atoms with Crippen LogP contribution in [0.3, 0.4) is 0 Å². The standard InChI is InChI=1S/C12H12F3N3/c1-7-3-9(18(2)17-7)6-16-8-4-10(13)12(15)11(14)5-8/h3-5,16H,6H2,1-2H3. The van der Waals surface area contributed by atoms with Crippen molar-refractivity contribution in [2.24, 2.45) is 7.05 Å². The first-order chi connectivity index (χ1) is 8.47. The number of hydrogen-bond acceptors (Lipinski definition) is 2. The summed E-state index contributed by atoms with van der Waals surface area (Å²) < 4.78 is 40.4. The van der Waals surface area contributed by atoms with Gasteiger partial charge in [-0.3, -0.25) is 4.68 Å². The third-order valence-electron chi connectivity index (χ3n) is 2.56. The normalized spacial score (nSPS) is 10.7. The van der Waals surface area contributed by atoms with Crippen LogP contribution in [-0.4, -0.2) is 9.78 Å². The number of halogens is 3. The summed E-state index contributed by atoms with van der Waals surface area (Å²) in [6.45, 7) is 2.20. The molecule has 2 rings (SSSR count). The van der Waals surface area contributed by atoms with Crippen molar-refractivity contribution in [1.29, 1.82) is 0 Å². The van der Waals surface area contributed by atoms with E-state index >= 15 is 0 Å². The zero-order valence-corrected chi connectivity index (χ0v) is 9.97. The number of benzene rings is 1. The van der Waals surface area contributed by atoms with Crippen LogP contribution in [0.4, 0.5) is 18.9 Å². The van der Waals surface area contributed by atoms with Crippen LogP contribution in [0.25, 0.3) is 0 Å². The van der Waals surface area contributed by atoms with Gasteiger partial charge in [0.25, 0.3) is 0 Å². The molecular formula is C12H12F3N3. The van der Waals surface area contributed by atoms with Crippen LogP contribution in [0.15, 0.2) is 18.2 Å². The molecule has 0 unspecified atom stereocenters. The van der Waals surface area contributed by atoms with E-state index in [1.165, 1.54) is 0 Å². The fourth-order valence-corrected chi connectivity index (χ4v) is 1.68. The largest absolute Gasteiger partial charge is 0.379 e. The molecule has 0 radical (unpaired) electrons. The van der Waals surface area contributed by atoms with Gasteiger partial charge in [-0.1, -0.05) is 0 Å². The van der Waals surface area contributed by atoms with Crippen LogP contribution in [-0.2, 0) is 13.6 Å². The summed E-state index contributed by atoms with van der Waals surface area (Å²) in [5, 5.41) is 6.96. The second-order valence-electron chi connectivity index (χ2n) is 4.01. The lowest BCUT2D eigenvalue weighted by atomic mass is 10.2. The van der Waals surface area contributed by atoms with Gasteiger partial charge in [-0.15, -0.1) is 0 Å². The molecule has 1 aromatic heterocycles. The Hall–Kier alpha value is -1.98. The first-order valence-electron chi connectivity index (χ1n) is 5.35. The third kappa shape index (κ3) is 2.47. The van der Waals surface area contributed by atoms with Crippen molar-refractivity contribution in [3.05, 3.63) is 47.0 Å². The molecule has 0 saturated carbocycles. The molecule has 0 atom stereocenters. The van der Waals surface area contributed by atoms with Gasteiger partial charge in [0, 0.05) is 24.9 Å². The Morgan fingerprint density at radius 1 is 1.17 bits per heavy atom. The Morgan fingerprint density at radius 2 is 1.78 bits per heavy atom. The molecule has 1 N–H and O–H groups in total. The van der Waals surface area contributed by atoms with E-state index in [1.807, 2.05) is 13.0 Å². The van der Waals surface area contributed by atoms with Crippen molar-refractivity contribution in [2.45, 2.75) is 13.5 Å². The van der Waals surface area contributed by atoms with Crippen molar-refractivity contribution < 1.29 is 13.2 Å².